The molecule has 1 aromatic rings. The van der Waals surface area contributed by atoms with Gasteiger partial charge in [0.1, 0.15) is 0 Å². The van der Waals surface area contributed by atoms with Crippen molar-refractivity contribution < 1.29 is 4.79 Å². The molecule has 0 saturated carbocycles. The topological polar surface area (TPSA) is 59.2 Å². The van der Waals surface area contributed by atoms with Crippen molar-refractivity contribution in [2.45, 2.75) is 26.8 Å². The summed E-state index contributed by atoms with van der Waals surface area (Å²) in [6.45, 7) is 5.57. The van der Waals surface area contributed by atoms with Gasteiger partial charge in [-0.15, -0.1) is 0 Å². The number of hydrogen-bond acceptors (Lipinski definition) is 3. The first-order valence-corrected chi connectivity index (χ1v) is 5.97. The number of nitrogens with two attached hydrogens (primary N) is 1. The Balaban J connectivity index is 2.15. The number of carbonyl (C=O) groups excluding carboxylic acids is 1. The lowest BCUT2D eigenvalue weighted by molar-refractivity contribution is -0.140. The number of hydrogen-bond donors (Lipinski definition) is 1. The van der Waals surface area contributed by atoms with Crippen LogP contribution in [-0.2, 0) is 17.8 Å². The van der Waals surface area contributed by atoms with Gasteiger partial charge in [-0.2, -0.15) is 0 Å². The van der Waals surface area contributed by atoms with Crippen LogP contribution in [0.25, 0.3) is 0 Å². The molecule has 2 N–H and O–H groups in total. The Kier molecular flexibility index (Phi) is 3.15. The summed E-state index contributed by atoms with van der Waals surface area (Å²) < 4.78 is 0. The highest BCUT2D eigenvalue weighted by Crippen LogP contribution is 2.23. The van der Waals surface area contributed by atoms with Gasteiger partial charge in [-0.25, -0.2) is 0 Å². The molecule has 4 nitrogen and oxygen atoms in total. The van der Waals surface area contributed by atoms with Gasteiger partial charge in [0.05, 0.1) is 5.41 Å². The Hall–Kier alpha value is -1.42. The van der Waals surface area contributed by atoms with E-state index in [0.717, 1.165) is 24.2 Å². The highest BCUT2D eigenvalue weighted by Gasteiger charge is 2.32. The molecule has 0 aliphatic carbocycles. The Morgan fingerprint density at radius 3 is 3.06 bits per heavy atom. The zero-order valence-electron chi connectivity index (χ0n) is 10.4. The van der Waals surface area contributed by atoms with E-state index in [0.29, 0.717) is 13.1 Å². The van der Waals surface area contributed by atoms with E-state index in [1.54, 1.807) is 6.20 Å². The third-order valence-electron chi connectivity index (χ3n) is 3.34. The van der Waals surface area contributed by atoms with E-state index in [9.17, 15) is 4.79 Å². The van der Waals surface area contributed by atoms with Crippen LogP contribution in [-0.4, -0.2) is 28.9 Å². The summed E-state index contributed by atoms with van der Waals surface area (Å²) in [7, 11) is 0. The maximum atomic E-state index is 12.3. The average molecular weight is 233 g/mol. The zero-order valence-corrected chi connectivity index (χ0v) is 10.4. The summed E-state index contributed by atoms with van der Waals surface area (Å²) >= 11 is 0. The Morgan fingerprint density at radius 2 is 2.35 bits per heavy atom. The molecule has 1 aromatic heterocycles. The molecule has 0 radical (unpaired) electrons. The quantitative estimate of drug-likeness (QED) is 0.827. The summed E-state index contributed by atoms with van der Waals surface area (Å²) in [6.07, 6.45) is 2.64. The molecule has 17 heavy (non-hydrogen) atoms. The Bertz CT molecular complexity index is 428. The van der Waals surface area contributed by atoms with Gasteiger partial charge < -0.3 is 10.6 Å². The number of fused-ring (bicyclic) bond motifs is 1. The highest BCUT2D eigenvalue weighted by atomic mass is 16.2. The lowest BCUT2D eigenvalue weighted by Crippen LogP contribution is -2.46. The van der Waals surface area contributed by atoms with Gasteiger partial charge in [0.2, 0.25) is 5.91 Å². The van der Waals surface area contributed by atoms with Crippen LogP contribution >= 0.6 is 0 Å². The van der Waals surface area contributed by atoms with Gasteiger partial charge in [-0.3, -0.25) is 9.78 Å². The maximum Gasteiger partial charge on any atom is 0.229 e. The van der Waals surface area contributed by atoms with Crippen LogP contribution in [0.3, 0.4) is 0 Å². The summed E-state index contributed by atoms with van der Waals surface area (Å²) in [4.78, 5) is 18.5. The second-order valence-electron chi connectivity index (χ2n) is 5.17. The van der Waals surface area contributed by atoms with E-state index in [4.69, 9.17) is 5.73 Å². The van der Waals surface area contributed by atoms with Crippen molar-refractivity contribution in [3.05, 3.63) is 29.6 Å². The normalized spacial score (nSPS) is 15.6. The molecule has 0 saturated heterocycles. The second kappa shape index (κ2) is 4.45. The van der Waals surface area contributed by atoms with Crippen LogP contribution in [0.15, 0.2) is 18.3 Å². The molecule has 0 fully saturated rings. The van der Waals surface area contributed by atoms with E-state index in [2.05, 4.69) is 4.98 Å². The molecule has 92 valence electrons. The van der Waals surface area contributed by atoms with Crippen molar-refractivity contribution in [3.8, 4) is 0 Å². The Morgan fingerprint density at radius 1 is 1.59 bits per heavy atom. The number of nitrogens with zero attached hydrogens (tertiary/aromatic N) is 2. The van der Waals surface area contributed by atoms with Crippen LogP contribution in [0.4, 0.5) is 0 Å². The molecule has 4 heteroatoms. The smallest absolute Gasteiger partial charge is 0.229 e. The van der Waals surface area contributed by atoms with Gasteiger partial charge >= 0.3 is 0 Å². The highest BCUT2D eigenvalue weighted by molar-refractivity contribution is 5.82. The fourth-order valence-electron chi connectivity index (χ4n) is 2.05. The Labute approximate surface area is 102 Å². The molecular formula is C13H19N3O. The molecule has 2 rings (SSSR count). The van der Waals surface area contributed by atoms with Crippen molar-refractivity contribution >= 4 is 5.91 Å². The predicted molar refractivity (Wildman–Crippen MR) is 66.2 cm³/mol. The SMILES string of the molecule is CC(C)(CN)C(=O)N1CCc2ncccc2C1. The standard InChI is InChI=1S/C13H19N3O/c1-13(2,9-14)12(17)16-7-5-11-10(8-16)4-3-6-15-11/h3-4,6H,5,7-9,14H2,1-2H3. The molecule has 0 aromatic carbocycles. The molecule has 0 spiro atoms. The summed E-state index contributed by atoms with van der Waals surface area (Å²) in [6, 6.07) is 3.96. The lowest BCUT2D eigenvalue weighted by Gasteiger charge is -2.34. The fraction of sp³-hybridized carbons (Fsp3) is 0.538. The molecule has 1 aliphatic rings. The lowest BCUT2D eigenvalue weighted by atomic mass is 9.90. The third kappa shape index (κ3) is 2.31. The molecule has 1 aliphatic heterocycles. The molecule has 1 amide bonds. The molecule has 0 unspecified atom stereocenters. The summed E-state index contributed by atoms with van der Waals surface area (Å²) in [5, 5.41) is 0. The van der Waals surface area contributed by atoms with Crippen LogP contribution in [0.5, 0.6) is 0 Å². The van der Waals surface area contributed by atoms with E-state index < -0.39 is 5.41 Å². The van der Waals surface area contributed by atoms with E-state index >= 15 is 0 Å². The maximum absolute atomic E-state index is 12.3. The molecule has 2 heterocycles. The first kappa shape index (κ1) is 12.0. The van der Waals surface area contributed by atoms with Gasteiger partial charge in [0.15, 0.2) is 0 Å². The van der Waals surface area contributed by atoms with Crippen molar-refractivity contribution in [2.75, 3.05) is 13.1 Å². The van der Waals surface area contributed by atoms with Crippen molar-refractivity contribution in [2.24, 2.45) is 11.1 Å². The molecular weight excluding hydrogens is 214 g/mol. The van der Waals surface area contributed by atoms with Crippen molar-refractivity contribution in [3.63, 3.8) is 0 Å². The minimum Gasteiger partial charge on any atom is -0.337 e. The van der Waals surface area contributed by atoms with Crippen LogP contribution in [0.1, 0.15) is 25.1 Å². The van der Waals surface area contributed by atoms with E-state index in [1.807, 2.05) is 30.9 Å². The van der Waals surface area contributed by atoms with Crippen LogP contribution in [0.2, 0.25) is 0 Å². The van der Waals surface area contributed by atoms with Crippen molar-refractivity contribution in [1.29, 1.82) is 0 Å². The monoisotopic (exact) mass is 233 g/mol. The van der Waals surface area contributed by atoms with Crippen LogP contribution in [0, 0.1) is 5.41 Å². The largest absolute Gasteiger partial charge is 0.337 e. The first-order valence-electron chi connectivity index (χ1n) is 5.97. The third-order valence-corrected chi connectivity index (χ3v) is 3.34. The van der Waals surface area contributed by atoms with Gasteiger partial charge in [-0.1, -0.05) is 6.07 Å². The van der Waals surface area contributed by atoms with E-state index in [1.165, 1.54) is 0 Å². The van der Waals surface area contributed by atoms with Crippen molar-refractivity contribution in [1.82, 2.24) is 9.88 Å². The van der Waals surface area contributed by atoms with Crippen LogP contribution < -0.4 is 5.73 Å². The number of rotatable bonds is 2. The molecule has 0 bridgehead atoms. The van der Waals surface area contributed by atoms with Gasteiger partial charge in [0, 0.05) is 37.9 Å². The fourth-order valence-corrected chi connectivity index (χ4v) is 2.05. The number of amides is 1. The molecule has 0 atom stereocenters. The van der Waals surface area contributed by atoms with Gasteiger partial charge in [-0.05, 0) is 25.5 Å². The number of carbonyl (C=O) groups is 1. The first-order chi connectivity index (χ1) is 8.04. The predicted octanol–water partition coefficient (Wildman–Crippen LogP) is 0.951. The summed E-state index contributed by atoms with van der Waals surface area (Å²) in [5.41, 5.74) is 7.44. The van der Waals surface area contributed by atoms with E-state index in [-0.39, 0.29) is 5.91 Å². The average Bonchev–Trinajstić information content (AvgIpc) is 2.37. The minimum absolute atomic E-state index is 0.134. The zero-order chi connectivity index (χ0) is 12.5. The minimum atomic E-state index is -0.473. The summed E-state index contributed by atoms with van der Waals surface area (Å²) in [5.74, 6) is 0.134. The van der Waals surface area contributed by atoms with Gasteiger partial charge in [0.25, 0.3) is 0 Å². The number of aromatic nitrogens is 1. The number of pyridine rings is 1. The second-order valence-corrected chi connectivity index (χ2v) is 5.17.